The predicted molar refractivity (Wildman–Crippen MR) is 106 cm³/mol. The van der Waals surface area contributed by atoms with Gasteiger partial charge in [0.2, 0.25) is 5.91 Å². The molecule has 4 nitrogen and oxygen atoms in total. The summed E-state index contributed by atoms with van der Waals surface area (Å²) in [5.74, 6) is 0.450. The second kappa shape index (κ2) is 7.65. The molecule has 3 N–H and O–H groups in total. The highest BCUT2D eigenvalue weighted by molar-refractivity contribution is 5.88. The maximum atomic E-state index is 12.3. The first-order chi connectivity index (χ1) is 12.4. The average Bonchev–Trinajstić information content (AvgIpc) is 2.97. The molecule has 1 amide bonds. The summed E-state index contributed by atoms with van der Waals surface area (Å²) < 4.78 is 5.66. The minimum Gasteiger partial charge on any atom is -0.464 e. The lowest BCUT2D eigenvalue weighted by Gasteiger charge is -2.10. The van der Waals surface area contributed by atoms with Crippen LogP contribution >= 0.6 is 0 Å². The summed E-state index contributed by atoms with van der Waals surface area (Å²) in [6.45, 7) is 7.06. The van der Waals surface area contributed by atoms with E-state index in [1.807, 2.05) is 24.3 Å². The van der Waals surface area contributed by atoms with Gasteiger partial charge in [-0.3, -0.25) is 4.79 Å². The van der Waals surface area contributed by atoms with Gasteiger partial charge in [0.05, 0.1) is 12.7 Å². The van der Waals surface area contributed by atoms with Crippen molar-refractivity contribution < 1.29 is 9.21 Å². The Bertz CT molecular complexity index is 908. The standard InChI is InChI=1S/C22H26N2O2/c1-14(2)19-12-20-17(13-26-21(20)10-15(19)3)11-22(25)24-9-8-16-4-6-18(23)7-5-16/h4-7,10,12-14H,8-9,11,23H2,1-3H3,(H,24,25). The Balaban J connectivity index is 1.63. The quantitative estimate of drug-likeness (QED) is 0.650. The Morgan fingerprint density at radius 1 is 1.19 bits per heavy atom. The molecular formula is C22H26N2O2. The van der Waals surface area contributed by atoms with Crippen LogP contribution in [0.15, 0.2) is 47.1 Å². The summed E-state index contributed by atoms with van der Waals surface area (Å²) in [5, 5.41) is 4.02. The fourth-order valence-corrected chi connectivity index (χ4v) is 3.27. The molecule has 0 bridgehead atoms. The Labute approximate surface area is 154 Å². The van der Waals surface area contributed by atoms with Crippen LogP contribution in [0.2, 0.25) is 0 Å². The fraction of sp³-hybridized carbons (Fsp3) is 0.318. The molecule has 0 atom stereocenters. The van der Waals surface area contributed by atoms with Crippen LogP contribution in [0.5, 0.6) is 0 Å². The van der Waals surface area contributed by atoms with Gasteiger partial charge in [-0.2, -0.15) is 0 Å². The van der Waals surface area contributed by atoms with Crippen LogP contribution in [0.4, 0.5) is 5.69 Å². The van der Waals surface area contributed by atoms with Crippen LogP contribution in [-0.4, -0.2) is 12.5 Å². The molecule has 1 aromatic heterocycles. The van der Waals surface area contributed by atoms with Gasteiger partial charge in [0.15, 0.2) is 0 Å². The van der Waals surface area contributed by atoms with Crippen molar-refractivity contribution in [2.24, 2.45) is 0 Å². The zero-order chi connectivity index (χ0) is 18.7. The SMILES string of the molecule is Cc1cc2occ(CC(=O)NCCc3ccc(N)cc3)c2cc1C(C)C. The summed E-state index contributed by atoms with van der Waals surface area (Å²) >= 11 is 0. The van der Waals surface area contributed by atoms with Crippen LogP contribution in [0, 0.1) is 6.92 Å². The van der Waals surface area contributed by atoms with Gasteiger partial charge in [0.25, 0.3) is 0 Å². The molecule has 0 aliphatic rings. The molecule has 1 heterocycles. The maximum absolute atomic E-state index is 12.3. The van der Waals surface area contributed by atoms with Gasteiger partial charge in [-0.05, 0) is 60.2 Å². The third kappa shape index (κ3) is 4.07. The lowest BCUT2D eigenvalue weighted by Crippen LogP contribution is -2.27. The van der Waals surface area contributed by atoms with Crippen molar-refractivity contribution in [1.82, 2.24) is 5.32 Å². The van der Waals surface area contributed by atoms with Gasteiger partial charge in [-0.25, -0.2) is 0 Å². The van der Waals surface area contributed by atoms with Crippen molar-refractivity contribution in [2.75, 3.05) is 12.3 Å². The Morgan fingerprint density at radius 3 is 2.62 bits per heavy atom. The number of furan rings is 1. The number of hydrogen-bond acceptors (Lipinski definition) is 3. The van der Waals surface area contributed by atoms with E-state index < -0.39 is 0 Å². The molecule has 26 heavy (non-hydrogen) atoms. The first-order valence-electron chi connectivity index (χ1n) is 9.05. The topological polar surface area (TPSA) is 68.3 Å². The zero-order valence-electron chi connectivity index (χ0n) is 15.6. The molecule has 0 spiro atoms. The van der Waals surface area contributed by atoms with Crippen LogP contribution < -0.4 is 11.1 Å². The van der Waals surface area contributed by atoms with Gasteiger partial charge in [0, 0.05) is 23.2 Å². The summed E-state index contributed by atoms with van der Waals surface area (Å²) in [5.41, 5.74) is 11.9. The Morgan fingerprint density at radius 2 is 1.92 bits per heavy atom. The number of nitrogen functional groups attached to an aromatic ring is 1. The second-order valence-electron chi connectivity index (χ2n) is 7.14. The van der Waals surface area contributed by atoms with Crippen LogP contribution in [-0.2, 0) is 17.6 Å². The van der Waals surface area contributed by atoms with Crippen LogP contribution in [0.25, 0.3) is 11.0 Å². The lowest BCUT2D eigenvalue weighted by atomic mass is 9.95. The smallest absolute Gasteiger partial charge is 0.224 e. The first-order valence-corrected chi connectivity index (χ1v) is 9.05. The van der Waals surface area contributed by atoms with Crippen molar-refractivity contribution in [3.05, 3.63) is 64.9 Å². The van der Waals surface area contributed by atoms with Crippen LogP contribution in [0.3, 0.4) is 0 Å². The highest BCUT2D eigenvalue weighted by atomic mass is 16.3. The molecule has 0 saturated heterocycles. The first kappa shape index (κ1) is 18.1. The van der Waals surface area contributed by atoms with Crippen molar-refractivity contribution in [3.63, 3.8) is 0 Å². The molecule has 0 aliphatic heterocycles. The van der Waals surface area contributed by atoms with Crippen molar-refractivity contribution >= 4 is 22.6 Å². The molecule has 0 radical (unpaired) electrons. The number of carbonyl (C=O) groups excluding carboxylic acids is 1. The highest BCUT2D eigenvalue weighted by Crippen LogP contribution is 2.29. The zero-order valence-corrected chi connectivity index (χ0v) is 15.6. The fourth-order valence-electron chi connectivity index (χ4n) is 3.27. The number of nitrogens with one attached hydrogen (secondary N) is 1. The number of nitrogens with two attached hydrogens (primary N) is 1. The third-order valence-electron chi connectivity index (χ3n) is 4.73. The highest BCUT2D eigenvalue weighted by Gasteiger charge is 2.13. The van der Waals surface area contributed by atoms with E-state index in [9.17, 15) is 4.79 Å². The summed E-state index contributed by atoms with van der Waals surface area (Å²) in [4.78, 5) is 12.3. The normalized spacial score (nSPS) is 11.2. The number of rotatable bonds is 6. The number of fused-ring (bicyclic) bond motifs is 1. The van der Waals surface area contributed by atoms with E-state index in [1.165, 1.54) is 11.1 Å². The lowest BCUT2D eigenvalue weighted by molar-refractivity contribution is -0.120. The van der Waals surface area contributed by atoms with E-state index in [4.69, 9.17) is 10.2 Å². The van der Waals surface area contributed by atoms with E-state index in [0.717, 1.165) is 34.2 Å². The van der Waals surface area contributed by atoms with Crippen LogP contribution in [0.1, 0.15) is 42.0 Å². The number of aryl methyl sites for hydroxylation is 1. The minimum absolute atomic E-state index is 0.00909. The summed E-state index contributed by atoms with van der Waals surface area (Å²) in [7, 11) is 0. The van der Waals surface area contributed by atoms with E-state index in [1.54, 1.807) is 6.26 Å². The largest absolute Gasteiger partial charge is 0.464 e. The van der Waals surface area contributed by atoms with E-state index in [0.29, 0.717) is 18.9 Å². The Hall–Kier alpha value is -2.75. The predicted octanol–water partition coefficient (Wildman–Crippen LogP) is 4.35. The second-order valence-corrected chi connectivity index (χ2v) is 7.14. The number of amides is 1. The maximum Gasteiger partial charge on any atom is 0.224 e. The molecule has 3 rings (SSSR count). The van der Waals surface area contributed by atoms with Gasteiger partial charge < -0.3 is 15.5 Å². The number of benzene rings is 2. The monoisotopic (exact) mass is 350 g/mol. The molecule has 0 fully saturated rings. The summed E-state index contributed by atoms with van der Waals surface area (Å²) in [6.07, 6.45) is 2.82. The average molecular weight is 350 g/mol. The molecule has 3 aromatic rings. The third-order valence-corrected chi connectivity index (χ3v) is 4.73. The Kier molecular flexibility index (Phi) is 5.31. The van der Waals surface area contributed by atoms with Gasteiger partial charge in [-0.15, -0.1) is 0 Å². The molecule has 136 valence electrons. The molecule has 0 unspecified atom stereocenters. The van der Waals surface area contributed by atoms with Gasteiger partial charge >= 0.3 is 0 Å². The van der Waals surface area contributed by atoms with Crippen molar-refractivity contribution in [2.45, 2.75) is 39.5 Å². The number of carbonyl (C=O) groups is 1. The molecule has 0 saturated carbocycles. The van der Waals surface area contributed by atoms with E-state index >= 15 is 0 Å². The molecule has 2 aromatic carbocycles. The van der Waals surface area contributed by atoms with E-state index in [-0.39, 0.29) is 5.91 Å². The van der Waals surface area contributed by atoms with Gasteiger partial charge in [0.1, 0.15) is 5.58 Å². The van der Waals surface area contributed by atoms with Crippen molar-refractivity contribution in [1.29, 1.82) is 0 Å². The van der Waals surface area contributed by atoms with Crippen molar-refractivity contribution in [3.8, 4) is 0 Å². The molecular weight excluding hydrogens is 324 g/mol. The summed E-state index contributed by atoms with van der Waals surface area (Å²) in [6, 6.07) is 12.0. The molecule has 4 heteroatoms. The van der Waals surface area contributed by atoms with E-state index in [2.05, 4.69) is 38.2 Å². The molecule has 0 aliphatic carbocycles. The number of anilines is 1. The van der Waals surface area contributed by atoms with Gasteiger partial charge in [-0.1, -0.05) is 26.0 Å². The number of hydrogen-bond donors (Lipinski definition) is 2. The minimum atomic E-state index is 0.00909.